The summed E-state index contributed by atoms with van der Waals surface area (Å²) in [4.78, 5) is 21.3. The number of aryl methyl sites for hydroxylation is 1. The highest BCUT2D eigenvalue weighted by atomic mass is 35.5. The molecule has 0 saturated carbocycles. The molecule has 6 nitrogen and oxygen atoms in total. The van der Waals surface area contributed by atoms with E-state index in [1.54, 1.807) is 25.3 Å². The van der Waals surface area contributed by atoms with E-state index in [1.807, 2.05) is 43.3 Å². The largest absolute Gasteiger partial charge is 0.497 e. The van der Waals surface area contributed by atoms with E-state index in [0.29, 0.717) is 21.4 Å². The van der Waals surface area contributed by atoms with Crippen molar-refractivity contribution >= 4 is 35.0 Å². The number of ether oxygens (including phenoxy) is 1. The molecule has 0 atom stereocenters. The second-order valence-electron chi connectivity index (χ2n) is 6.04. The average molecular weight is 425 g/mol. The van der Waals surface area contributed by atoms with Crippen molar-refractivity contribution in [2.45, 2.75) is 12.1 Å². The van der Waals surface area contributed by atoms with Gasteiger partial charge in [0.15, 0.2) is 5.16 Å². The Morgan fingerprint density at radius 1 is 1.21 bits per heavy atom. The monoisotopic (exact) mass is 424 g/mol. The lowest BCUT2D eigenvalue weighted by atomic mass is 10.1. The Morgan fingerprint density at radius 3 is 2.66 bits per heavy atom. The van der Waals surface area contributed by atoms with Crippen LogP contribution >= 0.6 is 23.4 Å². The predicted octanol–water partition coefficient (Wildman–Crippen LogP) is 4.72. The molecule has 8 heteroatoms. The summed E-state index contributed by atoms with van der Waals surface area (Å²) < 4.78 is 5.18. The van der Waals surface area contributed by atoms with E-state index >= 15 is 0 Å². The molecule has 2 aromatic carbocycles. The van der Waals surface area contributed by atoms with Gasteiger partial charge >= 0.3 is 0 Å². The van der Waals surface area contributed by atoms with Crippen LogP contribution in [0.4, 0.5) is 5.69 Å². The highest BCUT2D eigenvalue weighted by Crippen LogP contribution is 2.25. The summed E-state index contributed by atoms with van der Waals surface area (Å²) in [5, 5.41) is 12.8. The molecule has 1 amide bonds. The molecular weight excluding hydrogens is 408 g/mol. The van der Waals surface area contributed by atoms with Gasteiger partial charge in [0.2, 0.25) is 5.91 Å². The number of methoxy groups -OCH3 is 1. The van der Waals surface area contributed by atoms with E-state index in [2.05, 4.69) is 15.3 Å². The molecule has 1 aromatic heterocycles. The van der Waals surface area contributed by atoms with E-state index in [9.17, 15) is 4.79 Å². The summed E-state index contributed by atoms with van der Waals surface area (Å²) in [5.41, 5.74) is 3.23. The van der Waals surface area contributed by atoms with Crippen molar-refractivity contribution in [2.24, 2.45) is 0 Å². The lowest BCUT2D eigenvalue weighted by Gasteiger charge is -2.08. The maximum atomic E-state index is 12.3. The van der Waals surface area contributed by atoms with Crippen molar-refractivity contribution in [3.8, 4) is 23.1 Å². The maximum Gasteiger partial charge on any atom is 0.234 e. The molecule has 0 unspecified atom stereocenters. The van der Waals surface area contributed by atoms with Crippen LogP contribution in [0.5, 0.6) is 5.75 Å². The Labute approximate surface area is 177 Å². The Morgan fingerprint density at radius 2 is 1.97 bits per heavy atom. The number of nitrogens with one attached hydrogen (secondary N) is 1. The van der Waals surface area contributed by atoms with Crippen molar-refractivity contribution in [1.82, 2.24) is 9.97 Å². The molecule has 0 bridgehead atoms. The number of anilines is 1. The minimum atomic E-state index is -0.273. The lowest BCUT2D eigenvalue weighted by Crippen LogP contribution is -2.15. The van der Waals surface area contributed by atoms with Crippen LogP contribution in [0.2, 0.25) is 5.02 Å². The summed E-state index contributed by atoms with van der Waals surface area (Å²) in [6.07, 6.45) is 0. The van der Waals surface area contributed by atoms with E-state index in [1.165, 1.54) is 11.8 Å². The molecule has 0 fully saturated rings. The van der Waals surface area contributed by atoms with Gasteiger partial charge in [0.1, 0.15) is 11.8 Å². The van der Waals surface area contributed by atoms with E-state index < -0.39 is 0 Å². The third-order valence-corrected chi connectivity index (χ3v) is 5.01. The second kappa shape index (κ2) is 9.41. The molecule has 0 aliphatic rings. The first-order valence-electron chi connectivity index (χ1n) is 8.61. The number of rotatable bonds is 6. The minimum absolute atomic E-state index is 0.100. The van der Waals surface area contributed by atoms with E-state index in [-0.39, 0.29) is 11.7 Å². The van der Waals surface area contributed by atoms with Gasteiger partial charge in [-0.3, -0.25) is 4.79 Å². The van der Waals surface area contributed by atoms with Gasteiger partial charge in [-0.1, -0.05) is 23.4 Å². The zero-order valence-corrected chi connectivity index (χ0v) is 17.3. The van der Waals surface area contributed by atoms with Crippen molar-refractivity contribution in [1.29, 1.82) is 5.26 Å². The number of amides is 1. The first kappa shape index (κ1) is 20.6. The van der Waals surface area contributed by atoms with Gasteiger partial charge in [-0.25, -0.2) is 9.97 Å². The van der Waals surface area contributed by atoms with E-state index in [0.717, 1.165) is 22.7 Å². The summed E-state index contributed by atoms with van der Waals surface area (Å²) in [6.45, 7) is 1.88. The number of benzene rings is 2. The van der Waals surface area contributed by atoms with Gasteiger partial charge < -0.3 is 10.1 Å². The quantitative estimate of drug-likeness (QED) is 0.455. The number of aromatic nitrogens is 2. The van der Waals surface area contributed by atoms with Crippen LogP contribution in [-0.2, 0) is 4.79 Å². The second-order valence-corrected chi connectivity index (χ2v) is 7.42. The first-order valence-corrected chi connectivity index (χ1v) is 9.97. The Hall–Kier alpha value is -3.08. The third-order valence-electron chi connectivity index (χ3n) is 3.93. The van der Waals surface area contributed by atoms with Gasteiger partial charge in [-0.2, -0.15) is 5.26 Å². The minimum Gasteiger partial charge on any atom is -0.497 e. The summed E-state index contributed by atoms with van der Waals surface area (Å²) in [7, 11) is 1.62. The fraction of sp³-hybridized carbons (Fsp3) is 0.143. The highest BCUT2D eigenvalue weighted by molar-refractivity contribution is 7.99. The fourth-order valence-electron chi connectivity index (χ4n) is 2.55. The van der Waals surface area contributed by atoms with Gasteiger partial charge in [-0.05, 0) is 55.5 Å². The first-order chi connectivity index (χ1) is 14.0. The Kier molecular flexibility index (Phi) is 6.70. The third kappa shape index (κ3) is 5.47. The number of carbonyl (C=O) groups excluding carboxylic acids is 1. The van der Waals surface area contributed by atoms with Gasteiger partial charge in [0.05, 0.1) is 29.8 Å². The Bertz CT molecular complexity index is 1080. The van der Waals surface area contributed by atoms with Gasteiger partial charge in [0, 0.05) is 16.3 Å². The summed E-state index contributed by atoms with van der Waals surface area (Å²) in [5.74, 6) is 0.594. The molecule has 0 saturated heterocycles. The van der Waals surface area contributed by atoms with Crippen molar-refractivity contribution in [3.63, 3.8) is 0 Å². The Balaban J connectivity index is 1.70. The number of hydrogen-bond donors (Lipinski definition) is 1. The zero-order chi connectivity index (χ0) is 20.8. The molecule has 1 heterocycles. The number of hydrogen-bond acceptors (Lipinski definition) is 6. The molecule has 0 aliphatic carbocycles. The van der Waals surface area contributed by atoms with Crippen LogP contribution in [0.1, 0.15) is 11.3 Å². The zero-order valence-electron chi connectivity index (χ0n) is 15.8. The molecule has 1 N–H and O–H groups in total. The number of halogens is 1. The number of thioether (sulfide) groups is 1. The van der Waals surface area contributed by atoms with Crippen LogP contribution in [0, 0.1) is 18.3 Å². The average Bonchev–Trinajstić information content (AvgIpc) is 2.72. The van der Waals surface area contributed by atoms with Crippen LogP contribution in [0.15, 0.2) is 53.7 Å². The predicted molar refractivity (Wildman–Crippen MR) is 114 cm³/mol. The molecule has 3 aromatic rings. The molecular formula is C21H17ClN4O2S. The van der Waals surface area contributed by atoms with Crippen molar-refractivity contribution < 1.29 is 9.53 Å². The van der Waals surface area contributed by atoms with Crippen molar-refractivity contribution in [2.75, 3.05) is 18.2 Å². The van der Waals surface area contributed by atoms with Crippen LogP contribution in [0.25, 0.3) is 11.3 Å². The smallest absolute Gasteiger partial charge is 0.234 e. The topological polar surface area (TPSA) is 87.9 Å². The SMILES string of the molecule is COc1ccc(-c2cc(C)nc(SCC(=O)Nc3cc(Cl)ccc3C#N)n2)cc1. The van der Waals surface area contributed by atoms with Crippen LogP contribution in [0.3, 0.4) is 0 Å². The maximum absolute atomic E-state index is 12.3. The molecule has 0 radical (unpaired) electrons. The van der Waals surface area contributed by atoms with Crippen LogP contribution in [-0.4, -0.2) is 28.7 Å². The van der Waals surface area contributed by atoms with Gasteiger partial charge in [0.25, 0.3) is 0 Å². The molecule has 3 rings (SSSR count). The fourth-order valence-corrected chi connectivity index (χ4v) is 3.43. The van der Waals surface area contributed by atoms with E-state index in [4.69, 9.17) is 21.6 Å². The summed E-state index contributed by atoms with van der Waals surface area (Å²) >= 11 is 7.17. The van der Waals surface area contributed by atoms with Crippen molar-refractivity contribution in [3.05, 3.63) is 64.8 Å². The standard InChI is InChI=1S/C21H17ClN4O2S/c1-13-9-18(14-4-7-17(28-2)8-5-14)26-21(24-13)29-12-20(27)25-19-10-16(22)6-3-15(19)11-23/h3-10H,12H2,1-2H3,(H,25,27). The number of carbonyl (C=O) groups is 1. The molecule has 0 aliphatic heterocycles. The lowest BCUT2D eigenvalue weighted by molar-refractivity contribution is -0.113. The normalized spacial score (nSPS) is 10.3. The highest BCUT2D eigenvalue weighted by Gasteiger charge is 2.11. The number of nitriles is 1. The van der Waals surface area contributed by atoms with Crippen LogP contribution < -0.4 is 10.1 Å². The molecule has 29 heavy (non-hydrogen) atoms. The van der Waals surface area contributed by atoms with Gasteiger partial charge in [-0.15, -0.1) is 0 Å². The number of nitrogens with zero attached hydrogens (tertiary/aromatic N) is 3. The summed E-state index contributed by atoms with van der Waals surface area (Å²) in [6, 6.07) is 16.2. The molecule has 146 valence electrons. The molecule has 0 spiro atoms.